The summed E-state index contributed by atoms with van der Waals surface area (Å²) < 4.78 is 0. The summed E-state index contributed by atoms with van der Waals surface area (Å²) in [5.41, 5.74) is 7.59. The Morgan fingerprint density at radius 2 is 2.00 bits per heavy atom. The fourth-order valence-corrected chi connectivity index (χ4v) is 2.57. The SMILES string of the molecule is Cc1cccc(C(=O)NC(C(=O)NCC(N)C2CC2)C(C)C)c1. The van der Waals surface area contributed by atoms with Crippen LogP contribution >= 0.6 is 0 Å². The van der Waals surface area contributed by atoms with E-state index in [1.54, 1.807) is 6.07 Å². The van der Waals surface area contributed by atoms with E-state index in [9.17, 15) is 9.59 Å². The monoisotopic (exact) mass is 317 g/mol. The van der Waals surface area contributed by atoms with Crippen molar-refractivity contribution in [1.29, 1.82) is 0 Å². The van der Waals surface area contributed by atoms with Gasteiger partial charge in [0.15, 0.2) is 0 Å². The predicted octanol–water partition coefficient (Wildman–Crippen LogP) is 1.60. The standard InChI is InChI=1S/C18H27N3O2/c1-11(2)16(18(23)20-10-15(19)13-7-8-13)21-17(22)14-6-4-5-12(3)9-14/h4-6,9,11,13,15-16H,7-8,10,19H2,1-3H3,(H,20,23)(H,21,22). The van der Waals surface area contributed by atoms with E-state index in [0.717, 1.165) is 18.4 Å². The Hall–Kier alpha value is -1.88. The van der Waals surface area contributed by atoms with E-state index < -0.39 is 6.04 Å². The molecule has 0 aromatic heterocycles. The number of carbonyl (C=O) groups is 2. The van der Waals surface area contributed by atoms with Gasteiger partial charge < -0.3 is 16.4 Å². The summed E-state index contributed by atoms with van der Waals surface area (Å²) in [4.78, 5) is 24.7. The largest absolute Gasteiger partial charge is 0.353 e. The van der Waals surface area contributed by atoms with Crippen LogP contribution in [-0.4, -0.2) is 30.4 Å². The van der Waals surface area contributed by atoms with Gasteiger partial charge in [-0.1, -0.05) is 31.5 Å². The molecule has 4 N–H and O–H groups in total. The van der Waals surface area contributed by atoms with Crippen molar-refractivity contribution in [2.45, 2.75) is 45.7 Å². The molecule has 0 saturated heterocycles. The molecular weight excluding hydrogens is 290 g/mol. The highest BCUT2D eigenvalue weighted by Gasteiger charge is 2.30. The lowest BCUT2D eigenvalue weighted by Crippen LogP contribution is -2.52. The zero-order valence-corrected chi connectivity index (χ0v) is 14.1. The van der Waals surface area contributed by atoms with Crippen molar-refractivity contribution in [2.24, 2.45) is 17.6 Å². The van der Waals surface area contributed by atoms with Crippen LogP contribution in [0, 0.1) is 18.8 Å². The van der Waals surface area contributed by atoms with E-state index in [1.807, 2.05) is 39.0 Å². The van der Waals surface area contributed by atoms with Crippen LogP contribution in [0.25, 0.3) is 0 Å². The normalized spacial score (nSPS) is 16.7. The molecule has 2 amide bonds. The fourth-order valence-electron chi connectivity index (χ4n) is 2.57. The van der Waals surface area contributed by atoms with Crippen molar-refractivity contribution in [3.63, 3.8) is 0 Å². The Bertz CT molecular complexity index is 567. The molecule has 23 heavy (non-hydrogen) atoms. The number of benzene rings is 1. The highest BCUT2D eigenvalue weighted by molar-refractivity contribution is 5.97. The van der Waals surface area contributed by atoms with Crippen molar-refractivity contribution in [3.8, 4) is 0 Å². The van der Waals surface area contributed by atoms with Gasteiger partial charge in [0, 0.05) is 18.2 Å². The molecule has 1 aliphatic carbocycles. The Labute approximate surface area is 138 Å². The summed E-state index contributed by atoms with van der Waals surface area (Å²) in [7, 11) is 0. The number of nitrogens with one attached hydrogen (secondary N) is 2. The van der Waals surface area contributed by atoms with E-state index in [0.29, 0.717) is 18.0 Å². The van der Waals surface area contributed by atoms with Crippen LogP contribution in [0.4, 0.5) is 0 Å². The minimum absolute atomic E-state index is 0.000841. The number of hydrogen-bond donors (Lipinski definition) is 3. The molecule has 0 bridgehead atoms. The second-order valence-electron chi connectivity index (χ2n) is 6.81. The Morgan fingerprint density at radius 1 is 1.30 bits per heavy atom. The van der Waals surface area contributed by atoms with Gasteiger partial charge in [0.05, 0.1) is 0 Å². The van der Waals surface area contributed by atoms with Crippen molar-refractivity contribution in [2.75, 3.05) is 6.54 Å². The van der Waals surface area contributed by atoms with E-state index in [2.05, 4.69) is 10.6 Å². The highest BCUT2D eigenvalue weighted by atomic mass is 16.2. The Balaban J connectivity index is 1.94. The molecule has 1 aromatic carbocycles. The molecule has 1 aromatic rings. The van der Waals surface area contributed by atoms with E-state index in [-0.39, 0.29) is 23.8 Å². The number of aryl methyl sites for hydroxylation is 1. The molecule has 0 heterocycles. The quantitative estimate of drug-likeness (QED) is 0.714. The van der Waals surface area contributed by atoms with E-state index in [1.165, 1.54) is 0 Å². The maximum Gasteiger partial charge on any atom is 0.251 e. The Morgan fingerprint density at radius 3 is 2.57 bits per heavy atom. The van der Waals surface area contributed by atoms with Crippen LogP contribution in [0.1, 0.15) is 42.6 Å². The number of carbonyl (C=O) groups excluding carboxylic acids is 2. The fraction of sp³-hybridized carbons (Fsp3) is 0.556. The summed E-state index contributed by atoms with van der Waals surface area (Å²) in [5.74, 6) is 0.140. The van der Waals surface area contributed by atoms with Crippen LogP contribution in [0.15, 0.2) is 24.3 Å². The predicted molar refractivity (Wildman–Crippen MR) is 91.0 cm³/mol. The van der Waals surface area contributed by atoms with Crippen LogP contribution in [-0.2, 0) is 4.79 Å². The average Bonchev–Trinajstić information content (AvgIpc) is 3.34. The molecule has 2 atom stereocenters. The van der Waals surface area contributed by atoms with E-state index in [4.69, 9.17) is 5.73 Å². The zero-order valence-electron chi connectivity index (χ0n) is 14.1. The van der Waals surface area contributed by atoms with Crippen LogP contribution in [0.5, 0.6) is 0 Å². The Kier molecular flexibility index (Phi) is 5.77. The van der Waals surface area contributed by atoms with Gasteiger partial charge in [0.1, 0.15) is 6.04 Å². The van der Waals surface area contributed by atoms with Gasteiger partial charge in [-0.15, -0.1) is 0 Å². The molecule has 5 heteroatoms. The lowest BCUT2D eigenvalue weighted by Gasteiger charge is -2.23. The molecule has 5 nitrogen and oxygen atoms in total. The highest BCUT2D eigenvalue weighted by Crippen LogP contribution is 2.31. The summed E-state index contributed by atoms with van der Waals surface area (Å²) in [6.07, 6.45) is 2.30. The van der Waals surface area contributed by atoms with Crippen molar-refractivity contribution in [3.05, 3.63) is 35.4 Å². The second-order valence-corrected chi connectivity index (χ2v) is 6.81. The third-order valence-corrected chi connectivity index (χ3v) is 4.26. The van der Waals surface area contributed by atoms with Gasteiger partial charge in [-0.05, 0) is 43.7 Å². The minimum atomic E-state index is -0.561. The third kappa shape index (κ3) is 5.06. The molecule has 0 radical (unpaired) electrons. The molecule has 0 aliphatic heterocycles. The molecular formula is C18H27N3O2. The maximum absolute atomic E-state index is 12.4. The van der Waals surface area contributed by atoms with Gasteiger partial charge in [0.25, 0.3) is 5.91 Å². The van der Waals surface area contributed by atoms with Gasteiger partial charge in [0.2, 0.25) is 5.91 Å². The summed E-state index contributed by atoms with van der Waals surface area (Å²) in [6.45, 7) is 6.24. The number of nitrogens with two attached hydrogens (primary N) is 1. The van der Waals surface area contributed by atoms with Crippen molar-refractivity contribution in [1.82, 2.24) is 10.6 Å². The second kappa shape index (κ2) is 7.59. The maximum atomic E-state index is 12.4. The molecule has 126 valence electrons. The summed E-state index contributed by atoms with van der Waals surface area (Å²) in [5, 5.41) is 5.71. The van der Waals surface area contributed by atoms with Crippen LogP contribution in [0.3, 0.4) is 0 Å². The number of amides is 2. The molecule has 2 rings (SSSR count). The minimum Gasteiger partial charge on any atom is -0.353 e. The van der Waals surface area contributed by atoms with Gasteiger partial charge >= 0.3 is 0 Å². The topological polar surface area (TPSA) is 84.2 Å². The van der Waals surface area contributed by atoms with Crippen molar-refractivity contribution < 1.29 is 9.59 Å². The summed E-state index contributed by atoms with van der Waals surface area (Å²) in [6, 6.07) is 6.79. The average molecular weight is 317 g/mol. The molecule has 2 unspecified atom stereocenters. The number of rotatable bonds is 7. The summed E-state index contributed by atoms with van der Waals surface area (Å²) >= 11 is 0. The van der Waals surface area contributed by atoms with E-state index >= 15 is 0 Å². The van der Waals surface area contributed by atoms with Crippen LogP contribution in [0.2, 0.25) is 0 Å². The first-order valence-corrected chi connectivity index (χ1v) is 8.29. The lowest BCUT2D eigenvalue weighted by atomic mass is 10.0. The molecule has 1 aliphatic rings. The van der Waals surface area contributed by atoms with Crippen molar-refractivity contribution >= 4 is 11.8 Å². The zero-order chi connectivity index (χ0) is 17.0. The van der Waals surface area contributed by atoms with Gasteiger partial charge in [-0.3, -0.25) is 9.59 Å². The van der Waals surface area contributed by atoms with Crippen LogP contribution < -0.4 is 16.4 Å². The first kappa shape index (κ1) is 17.5. The number of hydrogen-bond acceptors (Lipinski definition) is 3. The first-order chi connectivity index (χ1) is 10.9. The molecule has 1 fully saturated rings. The first-order valence-electron chi connectivity index (χ1n) is 8.29. The molecule has 0 spiro atoms. The third-order valence-electron chi connectivity index (χ3n) is 4.26. The smallest absolute Gasteiger partial charge is 0.251 e. The lowest BCUT2D eigenvalue weighted by molar-refractivity contribution is -0.124. The molecule has 1 saturated carbocycles. The van der Waals surface area contributed by atoms with Gasteiger partial charge in [-0.25, -0.2) is 0 Å². The van der Waals surface area contributed by atoms with Gasteiger partial charge in [-0.2, -0.15) is 0 Å².